The van der Waals surface area contributed by atoms with Crippen LogP contribution in [-0.4, -0.2) is 11.1 Å². The van der Waals surface area contributed by atoms with Crippen LogP contribution in [0.15, 0.2) is 47.0 Å². The predicted molar refractivity (Wildman–Crippen MR) is 110 cm³/mol. The number of amides is 1. The highest BCUT2D eigenvalue weighted by Crippen LogP contribution is 2.37. The first-order valence-electron chi connectivity index (χ1n) is 8.74. The molecule has 1 N–H and O–H groups in total. The molecular weight excluding hydrogens is 383 g/mol. The van der Waals surface area contributed by atoms with Crippen molar-refractivity contribution in [3.05, 3.63) is 69.4 Å². The summed E-state index contributed by atoms with van der Waals surface area (Å²) < 4.78 is 5.26. The Kier molecular flexibility index (Phi) is 5.88. The smallest absolute Gasteiger partial charge is 0.261 e. The maximum absolute atomic E-state index is 12.9. The van der Waals surface area contributed by atoms with Gasteiger partial charge in [0.25, 0.3) is 5.91 Å². The summed E-state index contributed by atoms with van der Waals surface area (Å²) in [5.74, 6) is 0.551. The SMILES string of the molecule is CCC(C)c1ccc(NC(=O)c2c(-c3c(Cl)cccc3Cl)noc2C)cc1. The average Bonchev–Trinajstić information content (AvgIpc) is 3.03. The largest absolute Gasteiger partial charge is 0.360 e. The van der Waals surface area contributed by atoms with Crippen molar-refractivity contribution in [3.8, 4) is 11.3 Å². The normalized spacial score (nSPS) is 12.0. The Morgan fingerprint density at radius 3 is 2.37 bits per heavy atom. The minimum Gasteiger partial charge on any atom is -0.360 e. The summed E-state index contributed by atoms with van der Waals surface area (Å²) in [6, 6.07) is 13.0. The number of hydrogen-bond acceptors (Lipinski definition) is 3. The van der Waals surface area contributed by atoms with Gasteiger partial charge in [-0.3, -0.25) is 4.79 Å². The summed E-state index contributed by atoms with van der Waals surface area (Å²) in [6.07, 6.45) is 1.06. The van der Waals surface area contributed by atoms with Crippen LogP contribution in [0.5, 0.6) is 0 Å². The zero-order valence-corrected chi connectivity index (χ0v) is 16.9. The Bertz CT molecular complexity index is 945. The average molecular weight is 403 g/mol. The lowest BCUT2D eigenvalue weighted by molar-refractivity contribution is 0.102. The number of aryl methyl sites for hydroxylation is 1. The molecule has 1 heterocycles. The summed E-state index contributed by atoms with van der Waals surface area (Å²) >= 11 is 12.5. The third kappa shape index (κ3) is 4.02. The van der Waals surface area contributed by atoms with Gasteiger partial charge < -0.3 is 9.84 Å². The van der Waals surface area contributed by atoms with Crippen LogP contribution < -0.4 is 5.32 Å². The number of nitrogens with zero attached hydrogens (tertiary/aromatic N) is 1. The van der Waals surface area contributed by atoms with E-state index in [1.54, 1.807) is 25.1 Å². The van der Waals surface area contributed by atoms with E-state index in [0.717, 1.165) is 6.42 Å². The van der Waals surface area contributed by atoms with Gasteiger partial charge in [-0.2, -0.15) is 0 Å². The van der Waals surface area contributed by atoms with Crippen molar-refractivity contribution in [1.82, 2.24) is 5.16 Å². The lowest BCUT2D eigenvalue weighted by Gasteiger charge is -2.11. The Balaban J connectivity index is 1.91. The number of aromatic nitrogens is 1. The first kappa shape index (κ1) is 19.5. The van der Waals surface area contributed by atoms with E-state index >= 15 is 0 Å². The summed E-state index contributed by atoms with van der Waals surface area (Å²) in [4.78, 5) is 12.9. The third-order valence-corrected chi connectivity index (χ3v) is 5.27. The molecular formula is C21H20Cl2N2O2. The van der Waals surface area contributed by atoms with E-state index in [4.69, 9.17) is 27.7 Å². The number of anilines is 1. The van der Waals surface area contributed by atoms with E-state index in [1.807, 2.05) is 24.3 Å². The second-order valence-corrected chi connectivity index (χ2v) is 7.26. The molecule has 0 fully saturated rings. The van der Waals surface area contributed by atoms with E-state index in [9.17, 15) is 4.79 Å². The van der Waals surface area contributed by atoms with Crippen molar-refractivity contribution in [2.75, 3.05) is 5.32 Å². The Labute approximate surface area is 168 Å². The molecule has 1 amide bonds. The molecule has 0 aliphatic heterocycles. The van der Waals surface area contributed by atoms with E-state index < -0.39 is 0 Å². The lowest BCUT2D eigenvalue weighted by atomic mass is 9.98. The number of carbonyl (C=O) groups is 1. The molecule has 140 valence electrons. The zero-order chi connectivity index (χ0) is 19.6. The van der Waals surface area contributed by atoms with Crippen molar-refractivity contribution in [1.29, 1.82) is 0 Å². The van der Waals surface area contributed by atoms with Gasteiger partial charge in [-0.15, -0.1) is 0 Å². The second-order valence-electron chi connectivity index (χ2n) is 6.44. The van der Waals surface area contributed by atoms with Gasteiger partial charge in [0.15, 0.2) is 0 Å². The molecule has 0 spiro atoms. The van der Waals surface area contributed by atoms with E-state index in [-0.39, 0.29) is 5.91 Å². The molecule has 2 aromatic carbocycles. The molecule has 0 aliphatic carbocycles. The molecule has 4 nitrogen and oxygen atoms in total. The monoisotopic (exact) mass is 402 g/mol. The Hall–Kier alpha value is -2.30. The van der Waals surface area contributed by atoms with E-state index in [2.05, 4.69) is 24.3 Å². The predicted octanol–water partition coefficient (Wildman–Crippen LogP) is 6.72. The van der Waals surface area contributed by atoms with E-state index in [0.29, 0.717) is 44.2 Å². The van der Waals surface area contributed by atoms with Gasteiger partial charge in [0, 0.05) is 11.3 Å². The van der Waals surface area contributed by atoms with Crippen LogP contribution in [-0.2, 0) is 0 Å². The zero-order valence-electron chi connectivity index (χ0n) is 15.3. The third-order valence-electron chi connectivity index (χ3n) is 4.64. The summed E-state index contributed by atoms with van der Waals surface area (Å²) in [7, 11) is 0. The molecule has 3 rings (SSSR count). The van der Waals surface area contributed by atoms with Crippen molar-refractivity contribution < 1.29 is 9.32 Å². The van der Waals surface area contributed by atoms with Crippen molar-refractivity contribution >= 4 is 34.8 Å². The number of hydrogen-bond donors (Lipinski definition) is 1. The highest BCUT2D eigenvalue weighted by Gasteiger charge is 2.25. The molecule has 3 aromatic rings. The molecule has 0 saturated heterocycles. The van der Waals surface area contributed by atoms with E-state index in [1.165, 1.54) is 5.56 Å². The summed E-state index contributed by atoms with van der Waals surface area (Å²) in [6.45, 7) is 6.01. The van der Waals surface area contributed by atoms with Crippen LogP contribution in [0.2, 0.25) is 10.0 Å². The van der Waals surface area contributed by atoms with Crippen LogP contribution in [0, 0.1) is 6.92 Å². The molecule has 0 radical (unpaired) electrons. The quantitative estimate of drug-likeness (QED) is 0.514. The molecule has 27 heavy (non-hydrogen) atoms. The summed E-state index contributed by atoms with van der Waals surface area (Å²) in [5, 5.41) is 7.72. The fourth-order valence-electron chi connectivity index (χ4n) is 2.86. The second kappa shape index (κ2) is 8.15. The van der Waals surface area contributed by atoms with Crippen LogP contribution in [0.1, 0.15) is 47.9 Å². The maximum atomic E-state index is 12.9. The minimum absolute atomic E-state index is 0.316. The number of rotatable bonds is 5. The van der Waals surface area contributed by atoms with Gasteiger partial charge in [0.05, 0.1) is 10.0 Å². The maximum Gasteiger partial charge on any atom is 0.261 e. The molecule has 6 heteroatoms. The molecule has 0 bridgehead atoms. The molecule has 0 aliphatic rings. The van der Waals surface area contributed by atoms with Crippen molar-refractivity contribution in [3.63, 3.8) is 0 Å². The fourth-order valence-corrected chi connectivity index (χ4v) is 3.43. The number of nitrogens with one attached hydrogen (secondary N) is 1. The van der Waals surface area contributed by atoms with Crippen molar-refractivity contribution in [2.45, 2.75) is 33.1 Å². The molecule has 1 aromatic heterocycles. The number of benzene rings is 2. The number of carbonyl (C=O) groups excluding carboxylic acids is 1. The Morgan fingerprint density at radius 2 is 1.78 bits per heavy atom. The topological polar surface area (TPSA) is 55.1 Å². The minimum atomic E-state index is -0.323. The molecule has 1 unspecified atom stereocenters. The number of halogens is 2. The van der Waals surface area contributed by atoms with Gasteiger partial charge in [0.2, 0.25) is 0 Å². The first-order chi connectivity index (χ1) is 12.9. The van der Waals surface area contributed by atoms with Crippen molar-refractivity contribution in [2.24, 2.45) is 0 Å². The van der Waals surface area contributed by atoms with Gasteiger partial charge in [-0.1, -0.05) is 60.4 Å². The van der Waals surface area contributed by atoms with Crippen LogP contribution in [0.25, 0.3) is 11.3 Å². The van der Waals surface area contributed by atoms with Crippen LogP contribution in [0.4, 0.5) is 5.69 Å². The first-order valence-corrected chi connectivity index (χ1v) is 9.50. The van der Waals surface area contributed by atoms with Gasteiger partial charge >= 0.3 is 0 Å². The van der Waals surface area contributed by atoms with Gasteiger partial charge in [-0.05, 0) is 49.1 Å². The van der Waals surface area contributed by atoms with Gasteiger partial charge in [0.1, 0.15) is 17.0 Å². The Morgan fingerprint density at radius 1 is 1.15 bits per heavy atom. The van der Waals surface area contributed by atoms with Gasteiger partial charge in [-0.25, -0.2) is 0 Å². The molecule has 0 saturated carbocycles. The highest BCUT2D eigenvalue weighted by molar-refractivity contribution is 6.39. The standard InChI is InChI=1S/C21H20Cl2N2O2/c1-4-12(2)14-8-10-15(11-9-14)24-21(26)18-13(3)27-25-20(18)19-16(22)6-5-7-17(19)23/h5-12H,4H2,1-3H3,(H,24,26). The van der Waals surface area contributed by atoms with Crippen LogP contribution >= 0.6 is 23.2 Å². The highest BCUT2D eigenvalue weighted by atomic mass is 35.5. The lowest BCUT2D eigenvalue weighted by Crippen LogP contribution is -2.13. The molecule has 1 atom stereocenters. The fraction of sp³-hybridized carbons (Fsp3) is 0.238. The van der Waals surface area contributed by atoms with Crippen LogP contribution in [0.3, 0.4) is 0 Å². The summed E-state index contributed by atoms with van der Waals surface area (Å²) in [5.41, 5.74) is 3.06.